The summed E-state index contributed by atoms with van der Waals surface area (Å²) in [5.74, 6) is -0.0437. The monoisotopic (exact) mass is 317 g/mol. The van der Waals surface area contributed by atoms with Crippen LogP contribution in [0.5, 0.6) is 0 Å². The van der Waals surface area contributed by atoms with E-state index in [-0.39, 0.29) is 11.9 Å². The molecule has 1 N–H and O–H groups in total. The molecule has 1 rings (SSSR count). The van der Waals surface area contributed by atoms with E-state index >= 15 is 0 Å². The van der Waals surface area contributed by atoms with Gasteiger partial charge in [0.15, 0.2) is 0 Å². The molecule has 0 aliphatic heterocycles. The second-order valence-electron chi connectivity index (χ2n) is 4.02. The van der Waals surface area contributed by atoms with Crippen LogP contribution < -0.4 is 5.32 Å². The molecule has 0 heterocycles. The first-order valence-electron chi connectivity index (χ1n) is 5.71. The predicted octanol–water partition coefficient (Wildman–Crippen LogP) is 3.94. The van der Waals surface area contributed by atoms with Gasteiger partial charge < -0.3 is 5.32 Å². The van der Waals surface area contributed by atoms with Crippen LogP contribution in [0.15, 0.2) is 18.2 Å². The number of rotatable bonds is 5. The van der Waals surface area contributed by atoms with Crippen molar-refractivity contribution in [3.63, 3.8) is 0 Å². The predicted molar refractivity (Wildman–Crippen MR) is 76.1 cm³/mol. The van der Waals surface area contributed by atoms with Crippen LogP contribution in [0.4, 0.5) is 0 Å². The van der Waals surface area contributed by atoms with Gasteiger partial charge in [0.1, 0.15) is 0 Å². The third-order valence-electron chi connectivity index (χ3n) is 2.73. The third kappa shape index (κ3) is 4.32. The van der Waals surface area contributed by atoms with E-state index in [2.05, 4.69) is 28.2 Å². The molecule has 1 aromatic rings. The van der Waals surface area contributed by atoms with Crippen molar-refractivity contribution in [1.82, 2.24) is 5.32 Å². The van der Waals surface area contributed by atoms with Gasteiger partial charge in [0.2, 0.25) is 0 Å². The SMILES string of the molecule is CCC(CCBr)NC(=O)c1cc(Cl)ccc1C. The van der Waals surface area contributed by atoms with Crippen molar-refractivity contribution in [2.24, 2.45) is 0 Å². The topological polar surface area (TPSA) is 29.1 Å². The molecule has 2 nitrogen and oxygen atoms in total. The molecule has 0 radical (unpaired) electrons. The standard InChI is InChI=1S/C13H17BrClNO/c1-3-11(6-7-14)16-13(17)12-8-10(15)5-4-9(12)2/h4-5,8,11H,3,6-7H2,1-2H3,(H,16,17). The number of hydrogen-bond acceptors (Lipinski definition) is 1. The van der Waals surface area contributed by atoms with E-state index in [0.717, 1.165) is 23.7 Å². The Kier molecular flexibility index (Phi) is 6.00. The fraction of sp³-hybridized carbons (Fsp3) is 0.462. The number of aryl methyl sites for hydroxylation is 1. The summed E-state index contributed by atoms with van der Waals surface area (Å²) in [6, 6.07) is 5.58. The van der Waals surface area contributed by atoms with Crippen molar-refractivity contribution in [3.05, 3.63) is 34.3 Å². The maximum absolute atomic E-state index is 12.1. The second-order valence-corrected chi connectivity index (χ2v) is 5.24. The minimum absolute atomic E-state index is 0.0437. The summed E-state index contributed by atoms with van der Waals surface area (Å²) in [5.41, 5.74) is 1.60. The quantitative estimate of drug-likeness (QED) is 0.819. The van der Waals surface area contributed by atoms with Gasteiger partial charge in [0.05, 0.1) is 0 Å². The molecule has 1 unspecified atom stereocenters. The highest BCUT2D eigenvalue weighted by Crippen LogP contribution is 2.15. The zero-order valence-electron chi connectivity index (χ0n) is 10.1. The normalized spacial score (nSPS) is 12.2. The minimum Gasteiger partial charge on any atom is -0.349 e. The number of carbonyl (C=O) groups excluding carboxylic acids is 1. The number of nitrogens with one attached hydrogen (secondary N) is 1. The molecule has 0 aliphatic rings. The first-order valence-corrected chi connectivity index (χ1v) is 7.21. The van der Waals surface area contributed by atoms with Gasteiger partial charge in [-0.15, -0.1) is 0 Å². The average molecular weight is 319 g/mol. The first kappa shape index (κ1) is 14.5. The van der Waals surface area contributed by atoms with Crippen molar-refractivity contribution in [3.8, 4) is 0 Å². The number of benzene rings is 1. The molecule has 17 heavy (non-hydrogen) atoms. The van der Waals surface area contributed by atoms with Crippen molar-refractivity contribution in [1.29, 1.82) is 0 Å². The lowest BCUT2D eigenvalue weighted by Crippen LogP contribution is -2.35. The van der Waals surface area contributed by atoms with Gasteiger partial charge in [-0.05, 0) is 37.5 Å². The van der Waals surface area contributed by atoms with Crippen LogP contribution in [0, 0.1) is 6.92 Å². The number of carbonyl (C=O) groups is 1. The van der Waals surface area contributed by atoms with Crippen LogP contribution in [-0.4, -0.2) is 17.3 Å². The largest absolute Gasteiger partial charge is 0.349 e. The Morgan fingerprint density at radius 2 is 2.24 bits per heavy atom. The summed E-state index contributed by atoms with van der Waals surface area (Å²) in [6.45, 7) is 3.98. The molecule has 0 saturated heterocycles. The maximum Gasteiger partial charge on any atom is 0.251 e. The van der Waals surface area contributed by atoms with E-state index in [9.17, 15) is 4.79 Å². The number of amides is 1. The maximum atomic E-state index is 12.1. The first-order chi connectivity index (χ1) is 8.08. The number of alkyl halides is 1. The molecule has 0 spiro atoms. The Bertz CT molecular complexity index is 395. The molecular weight excluding hydrogens is 302 g/mol. The van der Waals surface area contributed by atoms with Crippen LogP contribution in [0.1, 0.15) is 35.7 Å². The Balaban J connectivity index is 2.78. The molecule has 0 bridgehead atoms. The number of halogens is 2. The molecule has 0 aliphatic carbocycles. The van der Waals surface area contributed by atoms with Crippen LogP contribution >= 0.6 is 27.5 Å². The fourth-order valence-electron chi connectivity index (χ4n) is 1.61. The van der Waals surface area contributed by atoms with Crippen molar-refractivity contribution < 1.29 is 4.79 Å². The van der Waals surface area contributed by atoms with E-state index in [1.54, 1.807) is 12.1 Å². The highest BCUT2D eigenvalue weighted by Gasteiger charge is 2.13. The van der Waals surface area contributed by atoms with Gasteiger partial charge in [-0.25, -0.2) is 0 Å². The highest BCUT2D eigenvalue weighted by molar-refractivity contribution is 9.09. The Morgan fingerprint density at radius 3 is 2.82 bits per heavy atom. The van der Waals surface area contributed by atoms with Crippen LogP contribution in [0.2, 0.25) is 5.02 Å². The van der Waals surface area contributed by atoms with Gasteiger partial charge in [-0.1, -0.05) is 40.5 Å². The molecule has 0 saturated carbocycles. The lowest BCUT2D eigenvalue weighted by Gasteiger charge is -2.16. The zero-order valence-corrected chi connectivity index (χ0v) is 12.4. The van der Waals surface area contributed by atoms with Crippen molar-refractivity contribution in [2.75, 3.05) is 5.33 Å². The third-order valence-corrected chi connectivity index (χ3v) is 3.42. The molecular formula is C13H17BrClNO. The van der Waals surface area contributed by atoms with Gasteiger partial charge in [0, 0.05) is 22.0 Å². The molecule has 1 atom stereocenters. The van der Waals surface area contributed by atoms with E-state index in [0.29, 0.717) is 10.6 Å². The summed E-state index contributed by atoms with van der Waals surface area (Å²) in [7, 11) is 0. The lowest BCUT2D eigenvalue weighted by molar-refractivity contribution is 0.0934. The highest BCUT2D eigenvalue weighted by atomic mass is 79.9. The van der Waals surface area contributed by atoms with Gasteiger partial charge >= 0.3 is 0 Å². The molecule has 94 valence electrons. The van der Waals surface area contributed by atoms with Gasteiger partial charge in [0.25, 0.3) is 5.91 Å². The summed E-state index contributed by atoms with van der Waals surface area (Å²) < 4.78 is 0. The van der Waals surface area contributed by atoms with E-state index in [4.69, 9.17) is 11.6 Å². The van der Waals surface area contributed by atoms with E-state index < -0.39 is 0 Å². The second kappa shape index (κ2) is 7.02. The summed E-state index contributed by atoms with van der Waals surface area (Å²) in [6.07, 6.45) is 1.86. The van der Waals surface area contributed by atoms with E-state index in [1.165, 1.54) is 0 Å². The van der Waals surface area contributed by atoms with Crippen LogP contribution in [0.25, 0.3) is 0 Å². The average Bonchev–Trinajstić information content (AvgIpc) is 2.31. The number of hydrogen-bond donors (Lipinski definition) is 1. The Hall–Kier alpha value is -0.540. The lowest BCUT2D eigenvalue weighted by atomic mass is 10.1. The summed E-state index contributed by atoms with van der Waals surface area (Å²) in [4.78, 5) is 12.1. The molecule has 0 fully saturated rings. The van der Waals surface area contributed by atoms with Gasteiger partial charge in [-0.3, -0.25) is 4.79 Å². The van der Waals surface area contributed by atoms with E-state index in [1.807, 2.05) is 13.0 Å². The summed E-state index contributed by atoms with van der Waals surface area (Å²) >= 11 is 9.30. The summed E-state index contributed by atoms with van der Waals surface area (Å²) in [5, 5.41) is 4.51. The van der Waals surface area contributed by atoms with Crippen LogP contribution in [0.3, 0.4) is 0 Å². The smallest absolute Gasteiger partial charge is 0.251 e. The Labute approximate surface area is 116 Å². The zero-order chi connectivity index (χ0) is 12.8. The van der Waals surface area contributed by atoms with Crippen LogP contribution in [-0.2, 0) is 0 Å². The molecule has 0 aromatic heterocycles. The minimum atomic E-state index is -0.0437. The fourth-order valence-corrected chi connectivity index (χ4v) is 2.34. The molecule has 1 amide bonds. The van der Waals surface area contributed by atoms with Crippen molar-refractivity contribution >= 4 is 33.4 Å². The van der Waals surface area contributed by atoms with Crippen molar-refractivity contribution in [2.45, 2.75) is 32.7 Å². The molecule has 4 heteroatoms. The van der Waals surface area contributed by atoms with Gasteiger partial charge in [-0.2, -0.15) is 0 Å². The molecule has 1 aromatic carbocycles. The Morgan fingerprint density at radius 1 is 1.53 bits per heavy atom.